The van der Waals surface area contributed by atoms with E-state index in [4.69, 9.17) is 4.74 Å². The number of hydrogen-bond donors (Lipinski definition) is 0. The van der Waals surface area contributed by atoms with Gasteiger partial charge >= 0.3 is 0 Å². The molecule has 3 aromatic carbocycles. The van der Waals surface area contributed by atoms with E-state index in [0.717, 1.165) is 50.2 Å². The molecule has 1 aliphatic heterocycles. The number of likely N-dealkylation sites (N-methyl/N-ethyl adjacent to an activating group) is 1. The first-order valence-corrected chi connectivity index (χ1v) is 13.8. The highest BCUT2D eigenvalue weighted by atomic mass is 35.5. The molecule has 0 spiro atoms. The largest absolute Gasteiger partial charge is 0.497 e. The minimum Gasteiger partial charge on any atom is -0.497 e. The lowest BCUT2D eigenvalue weighted by molar-refractivity contribution is 0.203. The number of likely N-dealkylation sites (tertiary alicyclic amines) is 1. The molecule has 5 nitrogen and oxygen atoms in total. The first-order valence-electron chi connectivity index (χ1n) is 12.4. The lowest BCUT2D eigenvalue weighted by atomic mass is 9.89. The van der Waals surface area contributed by atoms with E-state index in [9.17, 15) is 8.42 Å². The van der Waals surface area contributed by atoms with Crippen LogP contribution in [0, 0.1) is 0 Å². The van der Waals surface area contributed by atoms with Gasteiger partial charge in [-0.25, -0.2) is 12.7 Å². The fourth-order valence-corrected chi connectivity index (χ4v) is 6.23. The smallest absolute Gasteiger partial charge is 0.242 e. The number of nitrogens with zero attached hydrogens (tertiary/aromatic N) is 2. The molecule has 0 saturated carbocycles. The number of benzene rings is 3. The van der Waals surface area contributed by atoms with Gasteiger partial charge < -0.3 is 9.64 Å². The second-order valence-electron chi connectivity index (χ2n) is 9.39. The standard InChI is InChI=1S/C29H36N2O3S.ClH/c1-30(35(32,33)29-14-7-4-8-15-29)23-27(26-12-9-13-28(22-26)34-2)18-21-31-19-16-25(17-20-31)24-10-5-3-6-11-24;/h3-15,22,25,27H,16-21,23H2,1-2H3;1H. The van der Waals surface area contributed by atoms with Crippen molar-refractivity contribution in [3.63, 3.8) is 0 Å². The van der Waals surface area contributed by atoms with E-state index in [1.807, 2.05) is 24.3 Å². The quantitative estimate of drug-likeness (QED) is 0.334. The van der Waals surface area contributed by atoms with Crippen LogP contribution in [0.15, 0.2) is 89.8 Å². The molecule has 194 valence electrons. The van der Waals surface area contributed by atoms with Crippen LogP contribution in [0.1, 0.15) is 42.2 Å². The monoisotopic (exact) mass is 528 g/mol. The summed E-state index contributed by atoms with van der Waals surface area (Å²) in [5.74, 6) is 1.49. The van der Waals surface area contributed by atoms with E-state index in [1.54, 1.807) is 38.4 Å². The van der Waals surface area contributed by atoms with Gasteiger partial charge in [0.25, 0.3) is 0 Å². The number of piperidine rings is 1. The molecule has 4 rings (SSSR count). The van der Waals surface area contributed by atoms with Crippen LogP contribution in [0.2, 0.25) is 0 Å². The molecule has 0 aliphatic carbocycles. The van der Waals surface area contributed by atoms with Crippen molar-refractivity contribution in [3.05, 3.63) is 96.1 Å². The molecule has 0 radical (unpaired) electrons. The van der Waals surface area contributed by atoms with Crippen molar-refractivity contribution >= 4 is 22.4 Å². The van der Waals surface area contributed by atoms with Crippen LogP contribution < -0.4 is 4.74 Å². The maximum Gasteiger partial charge on any atom is 0.242 e. The van der Waals surface area contributed by atoms with Gasteiger partial charge in [-0.05, 0) is 86.1 Å². The van der Waals surface area contributed by atoms with Crippen LogP contribution in [0.25, 0.3) is 0 Å². The van der Waals surface area contributed by atoms with Crippen LogP contribution in [-0.4, -0.2) is 58.0 Å². The first-order chi connectivity index (χ1) is 17.0. The summed E-state index contributed by atoms with van der Waals surface area (Å²) in [5, 5.41) is 0. The van der Waals surface area contributed by atoms with Crippen LogP contribution >= 0.6 is 12.4 Å². The van der Waals surface area contributed by atoms with Gasteiger partial charge in [0.2, 0.25) is 10.0 Å². The molecule has 1 heterocycles. The molecular formula is C29H37ClN2O3S. The third-order valence-electron chi connectivity index (χ3n) is 7.15. The third-order valence-corrected chi connectivity index (χ3v) is 8.98. The molecule has 1 saturated heterocycles. The van der Waals surface area contributed by atoms with Crippen molar-refractivity contribution in [1.82, 2.24) is 9.21 Å². The van der Waals surface area contributed by atoms with Gasteiger partial charge in [-0.3, -0.25) is 0 Å². The van der Waals surface area contributed by atoms with Gasteiger partial charge in [0.05, 0.1) is 12.0 Å². The molecule has 0 bridgehead atoms. The second-order valence-corrected chi connectivity index (χ2v) is 11.4. The second kappa shape index (κ2) is 13.2. The van der Waals surface area contributed by atoms with E-state index < -0.39 is 10.0 Å². The highest BCUT2D eigenvalue weighted by molar-refractivity contribution is 7.89. The van der Waals surface area contributed by atoms with Crippen molar-refractivity contribution in [3.8, 4) is 5.75 Å². The molecular weight excluding hydrogens is 492 g/mol. The molecule has 0 amide bonds. The topological polar surface area (TPSA) is 49.9 Å². The minimum atomic E-state index is -3.55. The highest BCUT2D eigenvalue weighted by Gasteiger charge is 2.26. The number of methoxy groups -OCH3 is 1. The summed E-state index contributed by atoms with van der Waals surface area (Å²) in [6.07, 6.45) is 3.21. The summed E-state index contributed by atoms with van der Waals surface area (Å²) < 4.78 is 33.3. The van der Waals surface area contributed by atoms with Crippen molar-refractivity contribution in [2.45, 2.75) is 36.0 Å². The Morgan fingerprint density at radius 2 is 1.58 bits per heavy atom. The molecule has 36 heavy (non-hydrogen) atoms. The van der Waals surface area contributed by atoms with Crippen molar-refractivity contribution in [2.24, 2.45) is 0 Å². The normalized spacial score (nSPS) is 15.9. The first kappa shape index (κ1) is 28.2. The third kappa shape index (κ3) is 7.10. The zero-order chi connectivity index (χ0) is 24.7. The fraction of sp³-hybridized carbons (Fsp3) is 0.379. The zero-order valence-corrected chi connectivity index (χ0v) is 22.8. The van der Waals surface area contributed by atoms with Crippen molar-refractivity contribution < 1.29 is 13.2 Å². The number of sulfonamides is 1. The molecule has 0 aromatic heterocycles. The lowest BCUT2D eigenvalue weighted by Crippen LogP contribution is -2.36. The molecule has 1 atom stereocenters. The highest BCUT2D eigenvalue weighted by Crippen LogP contribution is 2.30. The van der Waals surface area contributed by atoms with Crippen LogP contribution in [-0.2, 0) is 10.0 Å². The van der Waals surface area contributed by atoms with Gasteiger partial charge in [-0.2, -0.15) is 0 Å². The molecule has 1 aliphatic rings. The van der Waals surface area contributed by atoms with Crippen molar-refractivity contribution in [1.29, 1.82) is 0 Å². The number of halogens is 1. The Morgan fingerprint density at radius 1 is 0.944 bits per heavy atom. The Kier molecular flexibility index (Phi) is 10.4. The van der Waals surface area contributed by atoms with Crippen LogP contribution in [0.3, 0.4) is 0 Å². The summed E-state index contributed by atoms with van der Waals surface area (Å²) in [6.45, 7) is 3.51. The van der Waals surface area contributed by atoms with E-state index in [-0.39, 0.29) is 18.3 Å². The minimum absolute atomic E-state index is 0. The molecule has 7 heteroatoms. The SMILES string of the molecule is COc1cccc(C(CCN2CCC(c3ccccc3)CC2)CN(C)S(=O)(=O)c2ccccc2)c1.Cl. The summed E-state index contributed by atoms with van der Waals surface area (Å²) in [6, 6.07) is 27.5. The lowest BCUT2D eigenvalue weighted by Gasteiger charge is -2.33. The summed E-state index contributed by atoms with van der Waals surface area (Å²) in [4.78, 5) is 2.85. The number of rotatable bonds is 10. The Hall–Kier alpha value is -2.38. The van der Waals surface area contributed by atoms with Gasteiger partial charge in [0.15, 0.2) is 0 Å². The summed E-state index contributed by atoms with van der Waals surface area (Å²) in [7, 11) is -0.205. The van der Waals surface area contributed by atoms with E-state index in [0.29, 0.717) is 17.4 Å². The maximum absolute atomic E-state index is 13.2. The van der Waals surface area contributed by atoms with E-state index >= 15 is 0 Å². The average molecular weight is 529 g/mol. The van der Waals surface area contributed by atoms with Gasteiger partial charge in [-0.15, -0.1) is 12.4 Å². The van der Waals surface area contributed by atoms with Gasteiger partial charge in [0, 0.05) is 13.6 Å². The van der Waals surface area contributed by atoms with E-state index in [2.05, 4.69) is 41.3 Å². The maximum atomic E-state index is 13.2. The van der Waals surface area contributed by atoms with Gasteiger partial charge in [0.1, 0.15) is 5.75 Å². The Labute approximate surface area is 222 Å². The number of ether oxygens (including phenoxy) is 1. The Morgan fingerprint density at radius 3 is 2.22 bits per heavy atom. The Balaban J connectivity index is 0.00000361. The van der Waals surface area contributed by atoms with Gasteiger partial charge in [-0.1, -0.05) is 60.7 Å². The number of hydrogen-bond acceptors (Lipinski definition) is 4. The summed E-state index contributed by atoms with van der Waals surface area (Å²) >= 11 is 0. The predicted molar refractivity (Wildman–Crippen MR) is 149 cm³/mol. The van der Waals surface area contributed by atoms with Crippen LogP contribution in [0.5, 0.6) is 5.75 Å². The van der Waals surface area contributed by atoms with E-state index in [1.165, 1.54) is 9.87 Å². The summed E-state index contributed by atoms with van der Waals surface area (Å²) in [5.41, 5.74) is 2.55. The average Bonchev–Trinajstić information content (AvgIpc) is 2.92. The Bertz CT molecular complexity index is 1170. The molecule has 0 N–H and O–H groups in total. The van der Waals surface area contributed by atoms with Crippen LogP contribution in [0.4, 0.5) is 0 Å². The molecule has 1 fully saturated rings. The fourth-order valence-electron chi connectivity index (χ4n) is 4.99. The molecule has 1 unspecified atom stereocenters. The predicted octanol–water partition coefficient (Wildman–Crippen LogP) is 5.79. The zero-order valence-electron chi connectivity index (χ0n) is 21.1. The molecule has 3 aromatic rings. The van der Waals surface area contributed by atoms with Crippen molar-refractivity contribution in [2.75, 3.05) is 40.3 Å².